The maximum atomic E-state index is 8.12. The molecule has 2 heteroatoms. The van der Waals surface area contributed by atoms with Crippen molar-refractivity contribution in [3.8, 4) is 0 Å². The van der Waals surface area contributed by atoms with Crippen LogP contribution in [0.3, 0.4) is 0 Å². The molecule has 0 aromatic heterocycles. The fraction of sp³-hybridized carbons (Fsp3) is 0.417. The molecule has 14 heavy (non-hydrogen) atoms. The van der Waals surface area contributed by atoms with E-state index in [4.69, 9.17) is 9.59 Å². The van der Waals surface area contributed by atoms with Gasteiger partial charge < -0.3 is 0 Å². The summed E-state index contributed by atoms with van der Waals surface area (Å²) < 4.78 is 0. The van der Waals surface area contributed by atoms with Crippen LogP contribution in [-0.2, 0) is 16.0 Å². The van der Waals surface area contributed by atoms with Gasteiger partial charge in [0.1, 0.15) is 0 Å². The van der Waals surface area contributed by atoms with Crippen LogP contribution in [0.1, 0.15) is 31.9 Å². The van der Waals surface area contributed by atoms with E-state index >= 15 is 0 Å². The average Bonchev–Trinajstić information content (AvgIpc) is 2.23. The summed E-state index contributed by atoms with van der Waals surface area (Å²) in [7, 11) is 0. The van der Waals surface area contributed by atoms with Crippen LogP contribution >= 0.6 is 0 Å². The maximum absolute atomic E-state index is 8.12. The molecule has 0 fully saturated rings. The van der Waals surface area contributed by atoms with Crippen LogP contribution in [-0.4, -0.2) is 6.15 Å². The number of hydrogen-bond donors (Lipinski definition) is 0. The smallest absolute Gasteiger partial charge is 0.186 e. The number of benzene rings is 1. The number of rotatable bonds is 1. The van der Waals surface area contributed by atoms with E-state index in [0.717, 1.165) is 6.42 Å². The van der Waals surface area contributed by atoms with Crippen LogP contribution in [0.2, 0.25) is 0 Å². The average molecular weight is 194 g/mol. The van der Waals surface area contributed by atoms with Crippen molar-refractivity contribution in [1.29, 1.82) is 0 Å². The molecule has 0 radical (unpaired) electrons. The van der Waals surface area contributed by atoms with Crippen LogP contribution in [0.25, 0.3) is 0 Å². The second-order valence-corrected chi connectivity index (χ2v) is 2.42. The predicted molar refractivity (Wildman–Crippen MR) is 56.9 cm³/mol. The van der Waals surface area contributed by atoms with Crippen LogP contribution in [0, 0.1) is 6.92 Å². The van der Waals surface area contributed by atoms with E-state index in [2.05, 4.69) is 38.1 Å². The van der Waals surface area contributed by atoms with Crippen LogP contribution in [0.4, 0.5) is 0 Å². The van der Waals surface area contributed by atoms with E-state index in [1.807, 2.05) is 13.8 Å². The zero-order valence-electron chi connectivity index (χ0n) is 9.33. The van der Waals surface area contributed by atoms with E-state index in [-0.39, 0.29) is 6.15 Å². The van der Waals surface area contributed by atoms with Crippen molar-refractivity contribution in [1.82, 2.24) is 0 Å². The van der Waals surface area contributed by atoms with Gasteiger partial charge in [-0.1, -0.05) is 50.6 Å². The molecule has 0 aliphatic rings. The van der Waals surface area contributed by atoms with Gasteiger partial charge in [0, 0.05) is 0 Å². The van der Waals surface area contributed by atoms with Crippen molar-refractivity contribution >= 4 is 6.15 Å². The molecule has 0 saturated heterocycles. The summed E-state index contributed by atoms with van der Waals surface area (Å²) in [6.45, 7) is 8.28. The molecule has 2 nitrogen and oxygen atoms in total. The van der Waals surface area contributed by atoms with Gasteiger partial charge in [0.15, 0.2) is 0 Å². The highest BCUT2D eigenvalue weighted by molar-refractivity contribution is 5.21. The number of aryl methyl sites for hydroxylation is 2. The Balaban J connectivity index is 0. The second kappa shape index (κ2) is 11.6. The molecule has 0 aliphatic carbocycles. The summed E-state index contributed by atoms with van der Waals surface area (Å²) in [6.07, 6.45) is 1.39. The maximum Gasteiger partial charge on any atom is 0.373 e. The summed E-state index contributed by atoms with van der Waals surface area (Å²) in [5, 5.41) is 0. The third-order valence-corrected chi connectivity index (χ3v) is 1.53. The fourth-order valence-corrected chi connectivity index (χ4v) is 0.824. The molecule has 78 valence electrons. The van der Waals surface area contributed by atoms with E-state index in [0.29, 0.717) is 0 Å². The Labute approximate surface area is 86.0 Å². The summed E-state index contributed by atoms with van der Waals surface area (Å²) in [5.41, 5.74) is 2.76. The standard InChI is InChI=1S/C9H12.C2H6.CO2/c1-3-9-6-4-8(2)5-7-9;1-2;2-1-3/h4-7H,3H2,1-2H3;1-2H3;. The minimum Gasteiger partial charge on any atom is -0.186 e. The molecule has 0 amide bonds. The monoisotopic (exact) mass is 194 g/mol. The lowest BCUT2D eigenvalue weighted by Crippen LogP contribution is -1.77. The Hall–Kier alpha value is -1.40. The number of hydrogen-bond acceptors (Lipinski definition) is 2. The molecule has 0 atom stereocenters. The van der Waals surface area contributed by atoms with Crippen LogP contribution in [0.5, 0.6) is 0 Å². The first-order valence-electron chi connectivity index (χ1n) is 4.79. The van der Waals surface area contributed by atoms with Gasteiger partial charge in [0.25, 0.3) is 0 Å². The van der Waals surface area contributed by atoms with Gasteiger partial charge in [0.05, 0.1) is 0 Å². The molecule has 1 rings (SSSR count). The Morgan fingerprint density at radius 2 is 1.43 bits per heavy atom. The van der Waals surface area contributed by atoms with Crippen molar-refractivity contribution in [2.45, 2.75) is 34.1 Å². The summed E-state index contributed by atoms with van der Waals surface area (Å²) in [6, 6.07) is 8.66. The predicted octanol–water partition coefficient (Wildman–Crippen LogP) is 3.00. The first-order chi connectivity index (χ1) is 6.74. The van der Waals surface area contributed by atoms with Gasteiger partial charge in [-0.2, -0.15) is 9.59 Å². The first-order valence-corrected chi connectivity index (χ1v) is 4.79. The Bertz CT molecular complexity index is 244. The molecule has 1 aromatic rings. The molecule has 0 N–H and O–H groups in total. The van der Waals surface area contributed by atoms with Gasteiger partial charge in [0.2, 0.25) is 0 Å². The van der Waals surface area contributed by atoms with Crippen molar-refractivity contribution < 1.29 is 9.59 Å². The minimum atomic E-state index is 0.250. The number of carbonyl (C=O) groups excluding carboxylic acids is 2. The topological polar surface area (TPSA) is 34.1 Å². The Morgan fingerprint density at radius 1 is 1.07 bits per heavy atom. The van der Waals surface area contributed by atoms with E-state index < -0.39 is 0 Å². The molecule has 0 bridgehead atoms. The Kier molecular flexibility index (Phi) is 12.5. The zero-order chi connectivity index (χ0) is 11.4. The lowest BCUT2D eigenvalue weighted by atomic mass is 10.1. The molecule has 0 saturated carbocycles. The molecule has 1 aromatic carbocycles. The molecule has 0 unspecified atom stereocenters. The summed E-state index contributed by atoms with van der Waals surface area (Å²) in [4.78, 5) is 16.2. The van der Waals surface area contributed by atoms with Crippen molar-refractivity contribution in [3.63, 3.8) is 0 Å². The summed E-state index contributed by atoms with van der Waals surface area (Å²) in [5.74, 6) is 0. The largest absolute Gasteiger partial charge is 0.373 e. The van der Waals surface area contributed by atoms with Gasteiger partial charge in [-0.05, 0) is 18.9 Å². The normalized spacial score (nSPS) is 7.14. The van der Waals surface area contributed by atoms with Crippen LogP contribution in [0.15, 0.2) is 24.3 Å². The second-order valence-electron chi connectivity index (χ2n) is 2.42. The Morgan fingerprint density at radius 3 is 1.71 bits per heavy atom. The summed E-state index contributed by atoms with van der Waals surface area (Å²) >= 11 is 0. The quantitative estimate of drug-likeness (QED) is 0.688. The first kappa shape index (κ1) is 15.1. The molecule has 0 spiro atoms. The highest BCUT2D eigenvalue weighted by Gasteiger charge is 1.84. The molecular weight excluding hydrogens is 176 g/mol. The van der Waals surface area contributed by atoms with E-state index in [1.54, 1.807) is 0 Å². The third-order valence-electron chi connectivity index (χ3n) is 1.53. The lowest BCUT2D eigenvalue weighted by Gasteiger charge is -1.94. The zero-order valence-corrected chi connectivity index (χ0v) is 9.33. The molecule has 0 aliphatic heterocycles. The van der Waals surface area contributed by atoms with E-state index in [1.165, 1.54) is 11.1 Å². The van der Waals surface area contributed by atoms with Crippen LogP contribution < -0.4 is 0 Å². The van der Waals surface area contributed by atoms with Crippen molar-refractivity contribution in [2.75, 3.05) is 0 Å². The highest BCUT2D eigenvalue weighted by atomic mass is 16.2. The van der Waals surface area contributed by atoms with Gasteiger partial charge in [-0.3, -0.25) is 0 Å². The highest BCUT2D eigenvalue weighted by Crippen LogP contribution is 2.02. The van der Waals surface area contributed by atoms with Gasteiger partial charge in [-0.15, -0.1) is 0 Å². The third kappa shape index (κ3) is 8.69. The van der Waals surface area contributed by atoms with Gasteiger partial charge >= 0.3 is 6.15 Å². The fourth-order valence-electron chi connectivity index (χ4n) is 0.824. The SMILES string of the molecule is CC.CCc1ccc(C)cc1.O=C=O. The lowest BCUT2D eigenvalue weighted by molar-refractivity contribution is -0.191. The minimum absolute atomic E-state index is 0.250. The molecule has 0 heterocycles. The van der Waals surface area contributed by atoms with Gasteiger partial charge in [-0.25, -0.2) is 0 Å². The molecular formula is C12H18O2. The van der Waals surface area contributed by atoms with Crippen molar-refractivity contribution in [2.24, 2.45) is 0 Å². The van der Waals surface area contributed by atoms with E-state index in [9.17, 15) is 0 Å². The van der Waals surface area contributed by atoms with Crippen molar-refractivity contribution in [3.05, 3.63) is 35.4 Å².